The molecule has 0 spiro atoms. The van der Waals surface area contributed by atoms with Crippen molar-refractivity contribution in [1.82, 2.24) is 0 Å². The number of anilines is 2. The molecule has 0 bridgehead atoms. The lowest BCUT2D eigenvalue weighted by Crippen LogP contribution is -2.13. The Morgan fingerprint density at radius 3 is 2.23 bits per heavy atom. The molecular formula is C19H16FN3O3. The largest absolute Gasteiger partial charge is 0.494 e. The van der Waals surface area contributed by atoms with Crippen molar-refractivity contribution in [1.29, 1.82) is 5.26 Å². The van der Waals surface area contributed by atoms with E-state index >= 15 is 0 Å². The number of methoxy groups -OCH3 is 1. The Kier molecular flexibility index (Phi) is 6.06. The van der Waals surface area contributed by atoms with Crippen LogP contribution in [0.1, 0.15) is 12.5 Å². The Morgan fingerprint density at radius 2 is 1.73 bits per heavy atom. The molecule has 26 heavy (non-hydrogen) atoms. The van der Waals surface area contributed by atoms with Gasteiger partial charge >= 0.3 is 0 Å². The van der Waals surface area contributed by atoms with Crippen molar-refractivity contribution in [3.63, 3.8) is 0 Å². The third-order valence-electron chi connectivity index (χ3n) is 3.32. The first kappa shape index (κ1) is 18.7. The Hall–Kier alpha value is -3.66. The SMILES string of the molecule is COc1ccc(/C=C(\C#N)C(=O)Nc2ccc(NC(C)=O)cc2)cc1F. The van der Waals surface area contributed by atoms with E-state index in [0.717, 1.165) is 0 Å². The number of benzene rings is 2. The summed E-state index contributed by atoms with van der Waals surface area (Å²) in [5, 5.41) is 14.4. The molecule has 0 aliphatic rings. The molecule has 6 nitrogen and oxygen atoms in total. The van der Waals surface area contributed by atoms with E-state index in [1.165, 1.54) is 38.3 Å². The first-order valence-electron chi connectivity index (χ1n) is 7.57. The summed E-state index contributed by atoms with van der Waals surface area (Å²) in [6.07, 6.45) is 1.28. The molecule has 2 aromatic carbocycles. The Bertz CT molecular complexity index is 899. The smallest absolute Gasteiger partial charge is 0.266 e. The quantitative estimate of drug-likeness (QED) is 0.637. The van der Waals surface area contributed by atoms with Gasteiger partial charge in [-0.3, -0.25) is 9.59 Å². The molecule has 0 aliphatic carbocycles. The molecular weight excluding hydrogens is 337 g/mol. The second kappa shape index (κ2) is 8.44. The fourth-order valence-electron chi connectivity index (χ4n) is 2.13. The lowest BCUT2D eigenvalue weighted by atomic mass is 10.1. The third-order valence-corrected chi connectivity index (χ3v) is 3.32. The summed E-state index contributed by atoms with van der Waals surface area (Å²) in [7, 11) is 1.35. The highest BCUT2D eigenvalue weighted by molar-refractivity contribution is 6.09. The van der Waals surface area contributed by atoms with E-state index in [4.69, 9.17) is 4.74 Å². The average molecular weight is 353 g/mol. The minimum Gasteiger partial charge on any atom is -0.494 e. The number of hydrogen-bond donors (Lipinski definition) is 2. The van der Waals surface area contributed by atoms with Crippen LogP contribution in [0.5, 0.6) is 5.75 Å². The van der Waals surface area contributed by atoms with Crippen molar-refractivity contribution >= 4 is 29.3 Å². The van der Waals surface area contributed by atoms with Crippen molar-refractivity contribution < 1.29 is 18.7 Å². The van der Waals surface area contributed by atoms with E-state index in [9.17, 15) is 19.2 Å². The summed E-state index contributed by atoms with van der Waals surface area (Å²) in [5.41, 5.74) is 1.21. The molecule has 0 atom stereocenters. The molecule has 0 unspecified atom stereocenters. The van der Waals surface area contributed by atoms with Crippen LogP contribution in [0.15, 0.2) is 48.0 Å². The number of carbonyl (C=O) groups excluding carboxylic acids is 2. The summed E-state index contributed by atoms with van der Waals surface area (Å²) in [6, 6.07) is 12.3. The van der Waals surface area contributed by atoms with Crippen LogP contribution in [0.3, 0.4) is 0 Å². The zero-order chi connectivity index (χ0) is 19.1. The topological polar surface area (TPSA) is 91.2 Å². The normalized spacial score (nSPS) is 10.6. The molecule has 0 aliphatic heterocycles. The van der Waals surface area contributed by atoms with Crippen LogP contribution in [-0.2, 0) is 9.59 Å². The van der Waals surface area contributed by atoms with Gasteiger partial charge in [-0.2, -0.15) is 5.26 Å². The van der Waals surface area contributed by atoms with Gasteiger partial charge in [-0.15, -0.1) is 0 Å². The number of carbonyl (C=O) groups is 2. The van der Waals surface area contributed by atoms with Gasteiger partial charge in [0.2, 0.25) is 5.91 Å². The predicted molar refractivity (Wildman–Crippen MR) is 95.9 cm³/mol. The van der Waals surface area contributed by atoms with E-state index < -0.39 is 11.7 Å². The van der Waals surface area contributed by atoms with Gasteiger partial charge in [-0.05, 0) is 48.0 Å². The van der Waals surface area contributed by atoms with Crippen molar-refractivity contribution in [3.8, 4) is 11.8 Å². The van der Waals surface area contributed by atoms with Crippen molar-refractivity contribution in [2.75, 3.05) is 17.7 Å². The average Bonchev–Trinajstić information content (AvgIpc) is 2.61. The summed E-state index contributed by atoms with van der Waals surface area (Å²) in [6.45, 7) is 1.39. The molecule has 0 saturated carbocycles. The second-order valence-corrected chi connectivity index (χ2v) is 5.28. The van der Waals surface area contributed by atoms with Gasteiger partial charge in [0.15, 0.2) is 11.6 Å². The first-order chi connectivity index (χ1) is 12.4. The number of hydrogen-bond acceptors (Lipinski definition) is 4. The third kappa shape index (κ3) is 4.92. The van der Waals surface area contributed by atoms with E-state index in [1.54, 1.807) is 30.3 Å². The molecule has 0 fully saturated rings. The zero-order valence-corrected chi connectivity index (χ0v) is 14.2. The van der Waals surface area contributed by atoms with E-state index in [2.05, 4.69) is 10.6 Å². The summed E-state index contributed by atoms with van der Waals surface area (Å²) in [5.74, 6) is -1.35. The van der Waals surface area contributed by atoms with Crippen LogP contribution in [0.4, 0.5) is 15.8 Å². The van der Waals surface area contributed by atoms with Crippen molar-refractivity contribution in [3.05, 3.63) is 59.4 Å². The van der Waals surface area contributed by atoms with Crippen LogP contribution in [-0.4, -0.2) is 18.9 Å². The lowest BCUT2D eigenvalue weighted by Gasteiger charge is -2.07. The summed E-state index contributed by atoms with van der Waals surface area (Å²) >= 11 is 0. The number of halogens is 1. The minimum atomic E-state index is -0.629. The molecule has 2 amide bonds. The fourth-order valence-corrected chi connectivity index (χ4v) is 2.13. The van der Waals surface area contributed by atoms with Gasteiger partial charge in [0.05, 0.1) is 7.11 Å². The van der Waals surface area contributed by atoms with E-state index in [0.29, 0.717) is 16.9 Å². The molecule has 0 saturated heterocycles. The van der Waals surface area contributed by atoms with Crippen molar-refractivity contribution in [2.45, 2.75) is 6.92 Å². The highest BCUT2D eigenvalue weighted by Crippen LogP contribution is 2.20. The van der Waals surface area contributed by atoms with E-state index in [-0.39, 0.29) is 17.2 Å². The van der Waals surface area contributed by atoms with Crippen LogP contribution in [0.25, 0.3) is 6.08 Å². The Morgan fingerprint density at radius 1 is 1.12 bits per heavy atom. The predicted octanol–water partition coefficient (Wildman–Crippen LogP) is 3.34. The van der Waals surface area contributed by atoms with E-state index in [1.807, 2.05) is 0 Å². The second-order valence-electron chi connectivity index (χ2n) is 5.28. The van der Waals surface area contributed by atoms with Gasteiger partial charge < -0.3 is 15.4 Å². The molecule has 2 N–H and O–H groups in total. The Balaban J connectivity index is 2.14. The van der Waals surface area contributed by atoms with Crippen molar-refractivity contribution in [2.24, 2.45) is 0 Å². The molecule has 0 heterocycles. The van der Waals surface area contributed by atoms with Gasteiger partial charge in [0.1, 0.15) is 11.6 Å². The number of ether oxygens (including phenoxy) is 1. The Labute approximate surface area is 149 Å². The fraction of sp³-hybridized carbons (Fsp3) is 0.105. The number of rotatable bonds is 5. The molecule has 7 heteroatoms. The maximum absolute atomic E-state index is 13.7. The van der Waals surface area contributed by atoms with Gasteiger partial charge in [-0.25, -0.2) is 4.39 Å². The highest BCUT2D eigenvalue weighted by atomic mass is 19.1. The standard InChI is InChI=1S/C19H16FN3O3/c1-12(24)22-15-4-6-16(7-5-15)23-19(25)14(11-21)9-13-3-8-18(26-2)17(20)10-13/h3-10H,1-2H3,(H,22,24)(H,23,25)/b14-9+. The number of nitrogens with one attached hydrogen (secondary N) is 2. The monoisotopic (exact) mass is 353 g/mol. The highest BCUT2D eigenvalue weighted by Gasteiger charge is 2.11. The zero-order valence-electron chi connectivity index (χ0n) is 14.2. The van der Waals surface area contributed by atoms with Gasteiger partial charge in [0.25, 0.3) is 5.91 Å². The minimum absolute atomic E-state index is 0.0735. The maximum Gasteiger partial charge on any atom is 0.266 e. The molecule has 2 aromatic rings. The number of nitrogens with zero attached hydrogens (tertiary/aromatic N) is 1. The lowest BCUT2D eigenvalue weighted by molar-refractivity contribution is -0.114. The molecule has 2 rings (SSSR count). The molecule has 0 radical (unpaired) electrons. The number of amides is 2. The van der Waals surface area contributed by atoms with Gasteiger partial charge in [0, 0.05) is 18.3 Å². The maximum atomic E-state index is 13.7. The van der Waals surface area contributed by atoms with Crippen LogP contribution >= 0.6 is 0 Å². The number of nitriles is 1. The molecule has 0 aromatic heterocycles. The van der Waals surface area contributed by atoms with Crippen LogP contribution in [0, 0.1) is 17.1 Å². The molecule has 132 valence electrons. The summed E-state index contributed by atoms with van der Waals surface area (Å²) in [4.78, 5) is 23.2. The van der Waals surface area contributed by atoms with Crippen LogP contribution < -0.4 is 15.4 Å². The summed E-state index contributed by atoms with van der Waals surface area (Å²) < 4.78 is 18.5. The first-order valence-corrected chi connectivity index (χ1v) is 7.57. The van der Waals surface area contributed by atoms with Crippen LogP contribution in [0.2, 0.25) is 0 Å². The van der Waals surface area contributed by atoms with Gasteiger partial charge in [-0.1, -0.05) is 6.07 Å².